The summed E-state index contributed by atoms with van der Waals surface area (Å²) in [6.45, 7) is 4.40. The number of nitrogens with one attached hydrogen (secondary N) is 1. The highest BCUT2D eigenvalue weighted by atomic mass is 16.3. The maximum atomic E-state index is 9.12. The van der Waals surface area contributed by atoms with E-state index in [0.717, 1.165) is 11.3 Å². The molecule has 1 aromatic rings. The van der Waals surface area contributed by atoms with Crippen LogP contribution in [0, 0.1) is 18.3 Å². The van der Waals surface area contributed by atoms with Crippen LogP contribution < -0.4 is 5.32 Å². The Morgan fingerprint density at radius 3 is 2.87 bits per heavy atom. The Labute approximate surface area is 90.4 Å². The van der Waals surface area contributed by atoms with Crippen LogP contribution in [0.2, 0.25) is 0 Å². The van der Waals surface area contributed by atoms with Crippen LogP contribution in [0.4, 0.5) is 5.69 Å². The van der Waals surface area contributed by atoms with E-state index in [-0.39, 0.29) is 6.10 Å². The Hall–Kier alpha value is -1.53. The number of anilines is 1. The van der Waals surface area contributed by atoms with E-state index < -0.39 is 0 Å². The fourth-order valence-electron chi connectivity index (χ4n) is 1.40. The first kappa shape index (κ1) is 11.5. The minimum Gasteiger partial charge on any atom is -0.393 e. The zero-order valence-corrected chi connectivity index (χ0v) is 9.12. The summed E-state index contributed by atoms with van der Waals surface area (Å²) in [5, 5.41) is 21.2. The summed E-state index contributed by atoms with van der Waals surface area (Å²) in [6.07, 6.45) is 0.367. The van der Waals surface area contributed by atoms with E-state index in [1.165, 1.54) is 0 Å². The molecule has 0 aliphatic heterocycles. The molecule has 0 fully saturated rings. The van der Waals surface area contributed by atoms with Crippen molar-refractivity contribution in [2.45, 2.75) is 26.4 Å². The lowest BCUT2D eigenvalue weighted by atomic mass is 10.1. The number of aliphatic hydroxyl groups excluding tert-OH is 1. The van der Waals surface area contributed by atoms with E-state index in [1.54, 1.807) is 13.0 Å². The molecule has 1 unspecified atom stereocenters. The van der Waals surface area contributed by atoms with Crippen LogP contribution in [0.25, 0.3) is 0 Å². The minimum atomic E-state index is -0.313. The van der Waals surface area contributed by atoms with Crippen LogP contribution in [-0.2, 0) is 0 Å². The van der Waals surface area contributed by atoms with Gasteiger partial charge in [-0.15, -0.1) is 0 Å². The molecule has 1 rings (SSSR count). The van der Waals surface area contributed by atoms with Crippen molar-refractivity contribution in [3.05, 3.63) is 29.3 Å². The van der Waals surface area contributed by atoms with Crippen molar-refractivity contribution in [3.8, 4) is 6.07 Å². The lowest BCUT2D eigenvalue weighted by Gasteiger charge is -2.11. The van der Waals surface area contributed by atoms with Gasteiger partial charge in [-0.1, -0.05) is 12.1 Å². The van der Waals surface area contributed by atoms with Gasteiger partial charge in [0.05, 0.1) is 17.4 Å². The van der Waals surface area contributed by atoms with Crippen LogP contribution in [0.3, 0.4) is 0 Å². The first-order valence-corrected chi connectivity index (χ1v) is 5.06. The van der Waals surface area contributed by atoms with Gasteiger partial charge in [0.1, 0.15) is 6.07 Å². The van der Waals surface area contributed by atoms with E-state index in [2.05, 4.69) is 11.4 Å². The number of aliphatic hydroxyl groups is 1. The van der Waals surface area contributed by atoms with Gasteiger partial charge in [-0.2, -0.15) is 5.26 Å². The molecular weight excluding hydrogens is 188 g/mol. The van der Waals surface area contributed by atoms with E-state index in [4.69, 9.17) is 10.4 Å². The molecule has 1 aromatic carbocycles. The summed E-state index contributed by atoms with van der Waals surface area (Å²) < 4.78 is 0. The highest BCUT2D eigenvalue weighted by Gasteiger charge is 2.04. The fraction of sp³-hybridized carbons (Fsp3) is 0.417. The minimum absolute atomic E-state index is 0.313. The third-order valence-electron chi connectivity index (χ3n) is 2.26. The summed E-state index contributed by atoms with van der Waals surface area (Å²) in [5.41, 5.74) is 2.58. The molecule has 3 nitrogen and oxygen atoms in total. The average molecular weight is 204 g/mol. The third kappa shape index (κ3) is 3.26. The number of para-hydroxylation sites is 1. The lowest BCUT2D eigenvalue weighted by molar-refractivity contribution is 0.188. The SMILES string of the molecule is Cc1cccc(C#N)c1NCCC(C)O. The van der Waals surface area contributed by atoms with Gasteiger partial charge < -0.3 is 10.4 Å². The zero-order valence-electron chi connectivity index (χ0n) is 9.12. The van der Waals surface area contributed by atoms with Crippen LogP contribution in [0.1, 0.15) is 24.5 Å². The second kappa shape index (κ2) is 5.38. The van der Waals surface area contributed by atoms with E-state index in [9.17, 15) is 0 Å². The van der Waals surface area contributed by atoms with Gasteiger partial charge in [0, 0.05) is 6.54 Å². The lowest BCUT2D eigenvalue weighted by Crippen LogP contribution is -2.11. The largest absolute Gasteiger partial charge is 0.393 e. The average Bonchev–Trinajstić information content (AvgIpc) is 2.20. The predicted octanol–water partition coefficient (Wildman–Crippen LogP) is 2.05. The van der Waals surface area contributed by atoms with Gasteiger partial charge in [-0.25, -0.2) is 0 Å². The molecular formula is C12H16N2O. The van der Waals surface area contributed by atoms with E-state index in [1.807, 2.05) is 19.1 Å². The topological polar surface area (TPSA) is 56.0 Å². The summed E-state index contributed by atoms with van der Waals surface area (Å²) >= 11 is 0. The predicted molar refractivity (Wildman–Crippen MR) is 60.7 cm³/mol. The summed E-state index contributed by atoms with van der Waals surface area (Å²) in [4.78, 5) is 0. The number of aryl methyl sites for hydroxylation is 1. The van der Waals surface area contributed by atoms with Crippen LogP contribution in [-0.4, -0.2) is 17.8 Å². The van der Waals surface area contributed by atoms with Gasteiger partial charge >= 0.3 is 0 Å². The van der Waals surface area contributed by atoms with E-state index >= 15 is 0 Å². The molecule has 2 N–H and O–H groups in total. The summed E-state index contributed by atoms with van der Waals surface area (Å²) in [7, 11) is 0. The van der Waals surface area contributed by atoms with Crippen molar-refractivity contribution >= 4 is 5.69 Å². The standard InChI is InChI=1S/C12H16N2O/c1-9-4-3-5-11(8-13)12(9)14-7-6-10(2)15/h3-5,10,14-15H,6-7H2,1-2H3. The molecule has 0 saturated heterocycles. The third-order valence-corrected chi connectivity index (χ3v) is 2.26. The quantitative estimate of drug-likeness (QED) is 0.789. The first-order valence-electron chi connectivity index (χ1n) is 5.06. The van der Waals surface area contributed by atoms with Crippen LogP contribution in [0.15, 0.2) is 18.2 Å². The number of hydrogen-bond donors (Lipinski definition) is 2. The Morgan fingerprint density at radius 2 is 2.27 bits per heavy atom. The van der Waals surface area contributed by atoms with Gasteiger partial charge in [0.15, 0.2) is 0 Å². The van der Waals surface area contributed by atoms with Gasteiger partial charge in [-0.3, -0.25) is 0 Å². The van der Waals surface area contributed by atoms with Gasteiger partial charge in [0.25, 0.3) is 0 Å². The van der Waals surface area contributed by atoms with Crippen molar-refractivity contribution < 1.29 is 5.11 Å². The van der Waals surface area contributed by atoms with Gasteiger partial charge in [0.2, 0.25) is 0 Å². The molecule has 1 atom stereocenters. The number of nitriles is 1. The van der Waals surface area contributed by atoms with Crippen molar-refractivity contribution in [2.75, 3.05) is 11.9 Å². The maximum absolute atomic E-state index is 9.12. The van der Waals surface area contributed by atoms with E-state index in [0.29, 0.717) is 18.5 Å². The monoisotopic (exact) mass is 204 g/mol. The summed E-state index contributed by atoms with van der Waals surface area (Å²) in [6, 6.07) is 7.77. The molecule has 0 spiro atoms. The van der Waals surface area contributed by atoms with Gasteiger partial charge in [-0.05, 0) is 31.9 Å². The Kier molecular flexibility index (Phi) is 4.14. The number of nitrogens with zero attached hydrogens (tertiary/aromatic N) is 1. The molecule has 0 radical (unpaired) electrons. The molecule has 0 heterocycles. The van der Waals surface area contributed by atoms with Crippen molar-refractivity contribution in [1.82, 2.24) is 0 Å². The highest BCUT2D eigenvalue weighted by molar-refractivity contribution is 5.62. The molecule has 15 heavy (non-hydrogen) atoms. The second-order valence-electron chi connectivity index (χ2n) is 3.67. The Morgan fingerprint density at radius 1 is 1.53 bits per heavy atom. The Balaban J connectivity index is 2.71. The normalized spacial score (nSPS) is 11.9. The first-order chi connectivity index (χ1) is 7.15. The van der Waals surface area contributed by atoms with Crippen molar-refractivity contribution in [2.24, 2.45) is 0 Å². The highest BCUT2D eigenvalue weighted by Crippen LogP contribution is 2.19. The molecule has 0 saturated carbocycles. The van der Waals surface area contributed by atoms with Crippen LogP contribution in [0.5, 0.6) is 0 Å². The number of rotatable bonds is 4. The van der Waals surface area contributed by atoms with Crippen molar-refractivity contribution in [1.29, 1.82) is 5.26 Å². The Bertz CT molecular complexity index is 366. The molecule has 3 heteroatoms. The maximum Gasteiger partial charge on any atom is 0.101 e. The summed E-state index contributed by atoms with van der Waals surface area (Å²) in [5.74, 6) is 0. The van der Waals surface area contributed by atoms with Crippen LogP contribution >= 0.6 is 0 Å². The number of hydrogen-bond acceptors (Lipinski definition) is 3. The smallest absolute Gasteiger partial charge is 0.101 e. The molecule has 0 aromatic heterocycles. The fourth-order valence-corrected chi connectivity index (χ4v) is 1.40. The number of benzene rings is 1. The molecule has 0 amide bonds. The molecule has 0 aliphatic carbocycles. The molecule has 0 aliphatic rings. The second-order valence-corrected chi connectivity index (χ2v) is 3.67. The zero-order chi connectivity index (χ0) is 11.3. The molecule has 0 bridgehead atoms. The molecule has 80 valence electrons. The van der Waals surface area contributed by atoms with Crippen molar-refractivity contribution in [3.63, 3.8) is 0 Å².